The Morgan fingerprint density at radius 3 is 2.42 bits per heavy atom. The lowest BCUT2D eigenvalue weighted by Gasteiger charge is -2.33. The van der Waals surface area contributed by atoms with E-state index in [0.717, 1.165) is 36.5 Å². The van der Waals surface area contributed by atoms with Crippen molar-refractivity contribution in [1.29, 1.82) is 0 Å². The minimum absolute atomic E-state index is 0.126. The van der Waals surface area contributed by atoms with Crippen LogP contribution in [0.15, 0.2) is 18.2 Å². The predicted molar refractivity (Wildman–Crippen MR) is 93.7 cm³/mol. The van der Waals surface area contributed by atoms with E-state index in [1.54, 1.807) is 12.1 Å². The van der Waals surface area contributed by atoms with Crippen LogP contribution in [0.1, 0.15) is 53.3 Å². The molecule has 3 heterocycles. The Hall–Kier alpha value is -2.70. The van der Waals surface area contributed by atoms with Crippen LogP contribution in [0.3, 0.4) is 0 Å². The lowest BCUT2D eigenvalue weighted by Crippen LogP contribution is -2.54. The second-order valence-electron chi connectivity index (χ2n) is 7.32. The van der Waals surface area contributed by atoms with E-state index in [1.165, 1.54) is 0 Å². The quantitative estimate of drug-likeness (QED) is 0.809. The van der Waals surface area contributed by atoms with E-state index in [9.17, 15) is 19.2 Å². The van der Waals surface area contributed by atoms with Gasteiger partial charge in [-0.05, 0) is 37.3 Å². The van der Waals surface area contributed by atoms with E-state index in [-0.39, 0.29) is 18.7 Å². The predicted octanol–water partition coefficient (Wildman–Crippen LogP) is 1.32. The molecule has 7 heteroatoms. The van der Waals surface area contributed by atoms with Gasteiger partial charge in [-0.2, -0.15) is 0 Å². The molecular weight excluding hydrogens is 334 g/mol. The molecule has 1 N–H and O–H groups in total. The Balaban J connectivity index is 1.67. The molecule has 4 amide bonds. The van der Waals surface area contributed by atoms with Gasteiger partial charge in [0.15, 0.2) is 0 Å². The van der Waals surface area contributed by atoms with Gasteiger partial charge in [0.05, 0.1) is 16.8 Å². The van der Waals surface area contributed by atoms with Crippen LogP contribution in [0.2, 0.25) is 0 Å². The zero-order chi connectivity index (χ0) is 18.4. The standard InChI is InChI=1S/C19H21N3O4/c1-11-7-9-21(10-8-11)13-4-2-3-12-16(13)19(26)22(18(12)25)14-5-6-15(23)20-17(14)24/h2-4,11,14H,5-10H2,1H3,(H,20,23,24). The third kappa shape index (κ3) is 2.58. The molecule has 0 spiro atoms. The van der Waals surface area contributed by atoms with Crippen LogP contribution in [0.25, 0.3) is 0 Å². The van der Waals surface area contributed by atoms with E-state index in [4.69, 9.17) is 0 Å². The highest BCUT2D eigenvalue weighted by atomic mass is 16.2. The highest BCUT2D eigenvalue weighted by molar-refractivity contribution is 6.25. The first-order valence-electron chi connectivity index (χ1n) is 9.07. The number of benzene rings is 1. The number of anilines is 1. The number of carbonyl (C=O) groups excluding carboxylic acids is 4. The average molecular weight is 355 g/mol. The highest BCUT2D eigenvalue weighted by Gasteiger charge is 2.46. The fourth-order valence-corrected chi connectivity index (χ4v) is 4.01. The van der Waals surface area contributed by atoms with Crippen molar-refractivity contribution in [2.75, 3.05) is 18.0 Å². The maximum absolute atomic E-state index is 13.1. The lowest BCUT2D eigenvalue weighted by atomic mass is 9.97. The summed E-state index contributed by atoms with van der Waals surface area (Å²) in [6.45, 7) is 3.90. The molecule has 1 unspecified atom stereocenters. The summed E-state index contributed by atoms with van der Waals surface area (Å²) in [4.78, 5) is 52.6. The molecule has 0 saturated carbocycles. The number of piperidine rings is 2. The maximum Gasteiger partial charge on any atom is 0.264 e. The monoisotopic (exact) mass is 355 g/mol. The van der Waals surface area contributed by atoms with Crippen molar-refractivity contribution in [3.63, 3.8) is 0 Å². The second kappa shape index (κ2) is 6.23. The number of amides is 4. The third-order valence-electron chi connectivity index (χ3n) is 5.57. The van der Waals surface area contributed by atoms with Gasteiger partial charge in [-0.3, -0.25) is 29.4 Å². The molecule has 4 rings (SSSR count). The Kier molecular flexibility index (Phi) is 4.01. The van der Waals surface area contributed by atoms with E-state index in [0.29, 0.717) is 17.0 Å². The topological polar surface area (TPSA) is 86.8 Å². The first-order chi connectivity index (χ1) is 12.5. The Morgan fingerprint density at radius 1 is 1.00 bits per heavy atom. The van der Waals surface area contributed by atoms with Crippen molar-refractivity contribution in [2.45, 2.75) is 38.6 Å². The van der Waals surface area contributed by atoms with E-state index >= 15 is 0 Å². The van der Waals surface area contributed by atoms with Gasteiger partial charge in [-0.25, -0.2) is 0 Å². The molecule has 1 atom stereocenters. The minimum atomic E-state index is -0.922. The summed E-state index contributed by atoms with van der Waals surface area (Å²) in [6.07, 6.45) is 2.39. The van der Waals surface area contributed by atoms with Crippen LogP contribution >= 0.6 is 0 Å². The molecule has 136 valence electrons. The van der Waals surface area contributed by atoms with Crippen LogP contribution < -0.4 is 10.2 Å². The second-order valence-corrected chi connectivity index (χ2v) is 7.32. The number of hydrogen-bond acceptors (Lipinski definition) is 5. The molecule has 1 aromatic rings. The molecule has 0 radical (unpaired) electrons. The van der Waals surface area contributed by atoms with Crippen molar-refractivity contribution >= 4 is 29.3 Å². The number of carbonyl (C=O) groups is 4. The number of nitrogens with zero attached hydrogens (tertiary/aromatic N) is 2. The molecule has 2 saturated heterocycles. The van der Waals surface area contributed by atoms with E-state index in [1.807, 2.05) is 6.07 Å². The summed E-state index contributed by atoms with van der Waals surface area (Å²) >= 11 is 0. The maximum atomic E-state index is 13.1. The molecule has 26 heavy (non-hydrogen) atoms. The molecular formula is C19H21N3O4. The van der Waals surface area contributed by atoms with Gasteiger partial charge in [-0.1, -0.05) is 13.0 Å². The first-order valence-corrected chi connectivity index (χ1v) is 9.07. The van der Waals surface area contributed by atoms with Crippen LogP contribution in [0, 0.1) is 5.92 Å². The first kappa shape index (κ1) is 16.8. The van der Waals surface area contributed by atoms with Gasteiger partial charge in [0.1, 0.15) is 6.04 Å². The zero-order valence-corrected chi connectivity index (χ0v) is 14.7. The third-order valence-corrected chi connectivity index (χ3v) is 5.57. The molecule has 1 aromatic carbocycles. The fraction of sp³-hybridized carbons (Fsp3) is 0.474. The smallest absolute Gasteiger partial charge is 0.264 e. The lowest BCUT2D eigenvalue weighted by molar-refractivity contribution is -0.136. The number of imide groups is 2. The summed E-state index contributed by atoms with van der Waals surface area (Å²) in [5, 5.41) is 2.22. The largest absolute Gasteiger partial charge is 0.371 e. The fourth-order valence-electron chi connectivity index (χ4n) is 4.01. The van der Waals surface area contributed by atoms with Crippen molar-refractivity contribution < 1.29 is 19.2 Å². The Bertz CT molecular complexity index is 811. The molecule has 0 bridgehead atoms. The van der Waals surface area contributed by atoms with Gasteiger partial charge in [0, 0.05) is 19.5 Å². The molecule has 3 aliphatic heterocycles. The van der Waals surface area contributed by atoms with Crippen LogP contribution in [-0.4, -0.2) is 47.7 Å². The summed E-state index contributed by atoms with van der Waals surface area (Å²) < 4.78 is 0. The molecule has 3 aliphatic rings. The number of nitrogens with one attached hydrogen (secondary N) is 1. The molecule has 2 fully saturated rings. The summed E-state index contributed by atoms with van der Waals surface area (Å²) in [6, 6.07) is 4.37. The van der Waals surface area contributed by atoms with Gasteiger partial charge < -0.3 is 4.90 Å². The summed E-state index contributed by atoms with van der Waals surface area (Å²) in [5.41, 5.74) is 1.50. The van der Waals surface area contributed by atoms with Crippen molar-refractivity contribution in [2.24, 2.45) is 5.92 Å². The minimum Gasteiger partial charge on any atom is -0.371 e. The van der Waals surface area contributed by atoms with Crippen molar-refractivity contribution in [3.05, 3.63) is 29.3 Å². The van der Waals surface area contributed by atoms with Gasteiger partial charge in [-0.15, -0.1) is 0 Å². The average Bonchev–Trinajstić information content (AvgIpc) is 2.87. The SMILES string of the molecule is CC1CCN(c2cccc3c2C(=O)N(C2CCC(=O)NC2=O)C3=O)CC1. The van der Waals surface area contributed by atoms with Gasteiger partial charge >= 0.3 is 0 Å². The molecule has 7 nitrogen and oxygen atoms in total. The Morgan fingerprint density at radius 2 is 1.73 bits per heavy atom. The van der Waals surface area contributed by atoms with E-state index < -0.39 is 23.8 Å². The van der Waals surface area contributed by atoms with Gasteiger partial charge in [0.2, 0.25) is 11.8 Å². The number of fused-ring (bicyclic) bond motifs is 1. The number of hydrogen-bond donors (Lipinski definition) is 1. The van der Waals surface area contributed by atoms with Crippen LogP contribution in [-0.2, 0) is 9.59 Å². The zero-order valence-electron chi connectivity index (χ0n) is 14.7. The summed E-state index contributed by atoms with van der Waals surface area (Å²) in [5.74, 6) is -1.18. The van der Waals surface area contributed by atoms with Crippen molar-refractivity contribution in [1.82, 2.24) is 10.2 Å². The normalized spacial score (nSPS) is 24.1. The van der Waals surface area contributed by atoms with E-state index in [2.05, 4.69) is 17.1 Å². The molecule has 0 aromatic heterocycles. The van der Waals surface area contributed by atoms with Crippen molar-refractivity contribution in [3.8, 4) is 0 Å². The van der Waals surface area contributed by atoms with Crippen LogP contribution in [0.4, 0.5) is 5.69 Å². The molecule has 0 aliphatic carbocycles. The Labute approximate surface area is 151 Å². The highest BCUT2D eigenvalue weighted by Crippen LogP contribution is 2.35. The summed E-state index contributed by atoms with van der Waals surface area (Å²) in [7, 11) is 0. The van der Waals surface area contributed by atoms with Gasteiger partial charge in [0.25, 0.3) is 11.8 Å². The van der Waals surface area contributed by atoms with Crippen LogP contribution in [0.5, 0.6) is 0 Å². The number of rotatable bonds is 2.